The first-order valence-corrected chi connectivity index (χ1v) is 5.63. The van der Waals surface area contributed by atoms with Gasteiger partial charge in [-0.15, -0.1) is 0 Å². The number of aromatic nitrogens is 2. The number of hydrogen-bond donors (Lipinski definition) is 0. The summed E-state index contributed by atoms with van der Waals surface area (Å²) in [5.74, 6) is 0. The first-order chi connectivity index (χ1) is 8.08. The SMILES string of the molecule is Cc1cc(C)c(-c2ccn(C)n2)c(C)c1.[F][Cu]. The van der Waals surface area contributed by atoms with Crippen LogP contribution in [-0.2, 0) is 23.5 Å². The predicted octanol–water partition coefficient (Wildman–Crippen LogP) is 3.43. The quantitative estimate of drug-likeness (QED) is 0.733. The van der Waals surface area contributed by atoms with Crippen molar-refractivity contribution in [3.05, 3.63) is 41.1 Å². The van der Waals surface area contributed by atoms with Crippen molar-refractivity contribution in [1.29, 1.82) is 0 Å². The summed E-state index contributed by atoms with van der Waals surface area (Å²) in [5, 5.41) is 4.45. The second kappa shape index (κ2) is 5.99. The summed E-state index contributed by atoms with van der Waals surface area (Å²) < 4.78 is 10.9. The third-order valence-electron chi connectivity index (χ3n) is 2.65. The van der Waals surface area contributed by atoms with Crippen molar-refractivity contribution in [3.63, 3.8) is 0 Å². The maximum atomic E-state index is 9.06. The Bertz CT molecular complexity index is 483. The summed E-state index contributed by atoms with van der Waals surface area (Å²) in [6.45, 7) is 6.41. The summed E-state index contributed by atoms with van der Waals surface area (Å²) in [4.78, 5) is 0. The van der Waals surface area contributed by atoms with Crippen molar-refractivity contribution in [2.75, 3.05) is 0 Å². The molecule has 0 radical (unpaired) electrons. The fraction of sp³-hybridized carbons (Fsp3) is 0.308. The van der Waals surface area contributed by atoms with Crippen LogP contribution in [0.15, 0.2) is 24.4 Å². The van der Waals surface area contributed by atoms with E-state index in [1.54, 1.807) is 0 Å². The van der Waals surface area contributed by atoms with Crippen LogP contribution >= 0.6 is 0 Å². The normalized spacial score (nSPS) is 9.82. The van der Waals surface area contributed by atoms with Gasteiger partial charge < -0.3 is 0 Å². The Balaban J connectivity index is 0.000000686. The minimum atomic E-state index is 1.06. The third-order valence-corrected chi connectivity index (χ3v) is 2.65. The molecule has 0 atom stereocenters. The Hall–Kier alpha value is -1.12. The Morgan fingerprint density at radius 2 is 1.65 bits per heavy atom. The van der Waals surface area contributed by atoms with Gasteiger partial charge in [0.1, 0.15) is 0 Å². The summed E-state index contributed by atoms with van der Waals surface area (Å²) in [6.07, 6.45) is 1.98. The number of benzene rings is 1. The van der Waals surface area contributed by atoms with Gasteiger partial charge in [0.15, 0.2) is 0 Å². The molecule has 2 rings (SSSR count). The monoisotopic (exact) mass is 282 g/mol. The molecule has 4 heteroatoms. The van der Waals surface area contributed by atoms with Crippen molar-refractivity contribution in [2.24, 2.45) is 7.05 Å². The predicted molar refractivity (Wildman–Crippen MR) is 64.0 cm³/mol. The van der Waals surface area contributed by atoms with Crippen LogP contribution in [0.3, 0.4) is 0 Å². The Kier molecular flexibility index (Phi) is 4.91. The zero-order valence-corrected chi connectivity index (χ0v) is 11.3. The Morgan fingerprint density at radius 3 is 2.06 bits per heavy atom. The van der Waals surface area contributed by atoms with Gasteiger partial charge in [-0.1, -0.05) is 17.7 Å². The van der Waals surface area contributed by atoms with Crippen molar-refractivity contribution < 1.29 is 20.0 Å². The van der Waals surface area contributed by atoms with Gasteiger partial charge in [-0.25, -0.2) is 0 Å². The van der Waals surface area contributed by atoms with Crippen molar-refractivity contribution in [2.45, 2.75) is 20.8 Å². The van der Waals surface area contributed by atoms with E-state index < -0.39 is 0 Å². The minimum absolute atomic E-state index is 1.06. The van der Waals surface area contributed by atoms with Gasteiger partial charge in [0.05, 0.1) is 5.69 Å². The van der Waals surface area contributed by atoms with Crippen LogP contribution in [0.1, 0.15) is 16.7 Å². The van der Waals surface area contributed by atoms with E-state index in [2.05, 4.69) is 60.5 Å². The van der Waals surface area contributed by atoms with Gasteiger partial charge in [0, 0.05) is 18.8 Å². The number of hydrogen-bond acceptors (Lipinski definition) is 1. The molecule has 0 fully saturated rings. The molecule has 0 aliphatic carbocycles. The zero-order valence-electron chi connectivity index (χ0n) is 10.4. The van der Waals surface area contributed by atoms with Gasteiger partial charge in [-0.05, 0) is 38.0 Å². The number of rotatable bonds is 1. The summed E-state index contributed by atoms with van der Waals surface area (Å²) in [7, 11) is 1.95. The Labute approximate surface area is 110 Å². The Morgan fingerprint density at radius 1 is 1.12 bits per heavy atom. The van der Waals surface area contributed by atoms with Crippen LogP contribution in [0, 0.1) is 20.8 Å². The van der Waals surface area contributed by atoms with Gasteiger partial charge >= 0.3 is 20.0 Å². The molecular formula is C13H16CuFN2. The first kappa shape index (κ1) is 13.9. The first-order valence-electron chi connectivity index (χ1n) is 5.27. The molecule has 0 N–H and O–H groups in total. The summed E-state index contributed by atoms with van der Waals surface area (Å²) in [5.41, 5.74) is 6.23. The molecule has 0 saturated carbocycles. The van der Waals surface area contributed by atoms with Crippen molar-refractivity contribution >= 4 is 0 Å². The van der Waals surface area contributed by atoms with Crippen molar-refractivity contribution in [3.8, 4) is 11.3 Å². The van der Waals surface area contributed by atoms with Gasteiger partial charge in [0.2, 0.25) is 0 Å². The van der Waals surface area contributed by atoms with E-state index in [1.807, 2.05) is 17.9 Å². The van der Waals surface area contributed by atoms with E-state index >= 15 is 0 Å². The van der Waals surface area contributed by atoms with Gasteiger partial charge in [-0.2, -0.15) is 5.10 Å². The molecule has 1 aromatic heterocycles. The third kappa shape index (κ3) is 3.18. The average Bonchev–Trinajstić information content (AvgIpc) is 2.66. The van der Waals surface area contributed by atoms with E-state index in [1.165, 1.54) is 22.3 Å². The second-order valence-electron chi connectivity index (χ2n) is 4.15. The number of aryl methyl sites for hydroxylation is 4. The van der Waals surface area contributed by atoms with Crippen LogP contribution in [-0.4, -0.2) is 9.78 Å². The molecule has 0 amide bonds. The molecule has 0 aliphatic heterocycles. The molecule has 0 bridgehead atoms. The molecule has 1 aromatic carbocycles. The molecular weight excluding hydrogens is 267 g/mol. The summed E-state index contributed by atoms with van der Waals surface area (Å²) >= 11 is 2.69. The van der Waals surface area contributed by atoms with Crippen LogP contribution in [0.2, 0.25) is 0 Å². The second-order valence-corrected chi connectivity index (χ2v) is 4.15. The number of halogens is 1. The number of nitrogens with zero attached hydrogens (tertiary/aromatic N) is 2. The zero-order chi connectivity index (χ0) is 13.0. The van der Waals surface area contributed by atoms with Crippen LogP contribution in [0.5, 0.6) is 0 Å². The van der Waals surface area contributed by atoms with Crippen molar-refractivity contribution in [1.82, 2.24) is 9.78 Å². The summed E-state index contributed by atoms with van der Waals surface area (Å²) in [6, 6.07) is 6.47. The van der Waals surface area contributed by atoms with Crippen LogP contribution < -0.4 is 0 Å². The van der Waals surface area contributed by atoms with E-state index in [4.69, 9.17) is 3.55 Å². The van der Waals surface area contributed by atoms with E-state index in [9.17, 15) is 0 Å². The maximum absolute atomic E-state index is 9.06. The fourth-order valence-corrected chi connectivity index (χ4v) is 2.13. The average molecular weight is 283 g/mol. The van der Waals surface area contributed by atoms with Crippen LogP contribution in [0.25, 0.3) is 11.3 Å². The standard InChI is InChI=1S/C13H16N2.Cu.FH/c1-9-7-10(2)13(11(3)8-9)12-5-6-15(4)14-12;;/h5-8H,1-4H3;;1H/q;+1;/p-1. The van der Waals surface area contributed by atoms with Gasteiger partial charge in [0.25, 0.3) is 0 Å². The molecule has 0 saturated heterocycles. The molecule has 2 aromatic rings. The molecule has 1 heterocycles. The van der Waals surface area contributed by atoms with Crippen LogP contribution in [0.4, 0.5) is 3.55 Å². The fourth-order valence-electron chi connectivity index (χ4n) is 2.13. The molecule has 0 spiro atoms. The molecule has 96 valence electrons. The molecule has 2 nitrogen and oxygen atoms in total. The molecule has 0 aliphatic rings. The molecule has 17 heavy (non-hydrogen) atoms. The van der Waals surface area contributed by atoms with E-state index in [-0.39, 0.29) is 0 Å². The van der Waals surface area contributed by atoms with E-state index in [0.29, 0.717) is 0 Å². The van der Waals surface area contributed by atoms with Gasteiger partial charge in [-0.3, -0.25) is 4.68 Å². The topological polar surface area (TPSA) is 17.8 Å². The molecule has 0 unspecified atom stereocenters. The van der Waals surface area contributed by atoms with E-state index in [0.717, 1.165) is 5.69 Å².